The molecule has 104 valence electrons. The van der Waals surface area contributed by atoms with Crippen LogP contribution in [0.1, 0.15) is 32.4 Å². The first-order chi connectivity index (χ1) is 8.91. The minimum atomic E-state index is -0.814. The number of imide groups is 1. The quantitative estimate of drug-likeness (QED) is 0.724. The van der Waals surface area contributed by atoms with Gasteiger partial charge in [-0.25, -0.2) is 4.79 Å². The molecule has 0 aliphatic carbocycles. The third-order valence-corrected chi connectivity index (χ3v) is 3.06. The lowest BCUT2D eigenvalue weighted by Crippen LogP contribution is -2.93. The maximum Gasteiger partial charge on any atom is 0.319 e. The molecular weight excluding hydrogens is 242 g/mol. The molecule has 0 spiro atoms. The summed E-state index contributed by atoms with van der Waals surface area (Å²) >= 11 is 0. The van der Waals surface area contributed by atoms with Gasteiger partial charge >= 0.3 is 6.03 Å². The second kappa shape index (κ2) is 6.89. The Morgan fingerprint density at radius 1 is 1.16 bits per heavy atom. The van der Waals surface area contributed by atoms with Gasteiger partial charge in [0.25, 0.3) is 5.91 Å². The van der Waals surface area contributed by atoms with Crippen molar-refractivity contribution in [1.82, 2.24) is 5.32 Å². The van der Waals surface area contributed by atoms with Gasteiger partial charge in [0.2, 0.25) is 0 Å². The standard InChI is InChI=1S/C14H21N3O2/c1-9(2)12(11-7-5-4-6-8-11)16-10(3)13(18)17-14(15)19/h4-10,12,16H,1-3H3,(H3,15,17,18,19)/p+1/t10-,12+/m0/s1. The summed E-state index contributed by atoms with van der Waals surface area (Å²) < 4.78 is 0. The predicted octanol–water partition coefficient (Wildman–Crippen LogP) is 0.531. The van der Waals surface area contributed by atoms with Crippen molar-refractivity contribution in [2.75, 3.05) is 0 Å². The number of quaternary nitrogens is 1. The minimum absolute atomic E-state index is 0.162. The van der Waals surface area contributed by atoms with Gasteiger partial charge in [0.15, 0.2) is 6.04 Å². The number of hydrogen-bond acceptors (Lipinski definition) is 2. The van der Waals surface area contributed by atoms with Crippen molar-refractivity contribution in [1.29, 1.82) is 0 Å². The molecule has 0 aromatic heterocycles. The second-order valence-electron chi connectivity index (χ2n) is 5.02. The number of rotatable bonds is 5. The Morgan fingerprint density at radius 3 is 2.21 bits per heavy atom. The van der Waals surface area contributed by atoms with Crippen LogP contribution in [0, 0.1) is 5.92 Å². The van der Waals surface area contributed by atoms with Crippen molar-refractivity contribution in [3.8, 4) is 0 Å². The molecule has 0 unspecified atom stereocenters. The number of carbonyl (C=O) groups excluding carboxylic acids is 2. The van der Waals surface area contributed by atoms with E-state index < -0.39 is 6.03 Å². The van der Waals surface area contributed by atoms with E-state index in [9.17, 15) is 9.59 Å². The first-order valence-electron chi connectivity index (χ1n) is 6.42. The van der Waals surface area contributed by atoms with E-state index in [1.54, 1.807) is 6.92 Å². The van der Waals surface area contributed by atoms with Gasteiger partial charge in [0.1, 0.15) is 6.04 Å². The summed E-state index contributed by atoms with van der Waals surface area (Å²) in [6.07, 6.45) is 0. The molecule has 0 radical (unpaired) electrons. The average molecular weight is 264 g/mol. The van der Waals surface area contributed by atoms with E-state index >= 15 is 0 Å². The molecule has 0 fully saturated rings. The monoisotopic (exact) mass is 264 g/mol. The molecule has 0 heterocycles. The molecule has 2 atom stereocenters. The van der Waals surface area contributed by atoms with Crippen LogP contribution in [0.2, 0.25) is 0 Å². The highest BCUT2D eigenvalue weighted by molar-refractivity contribution is 5.95. The molecule has 5 nitrogen and oxygen atoms in total. The van der Waals surface area contributed by atoms with Gasteiger partial charge in [-0.15, -0.1) is 0 Å². The number of primary amides is 1. The highest BCUT2D eigenvalue weighted by atomic mass is 16.2. The Balaban J connectivity index is 2.75. The maximum absolute atomic E-state index is 11.7. The zero-order chi connectivity index (χ0) is 14.4. The van der Waals surface area contributed by atoms with Crippen LogP contribution in [0.4, 0.5) is 4.79 Å². The third kappa shape index (κ3) is 4.71. The van der Waals surface area contributed by atoms with Crippen molar-refractivity contribution in [2.45, 2.75) is 32.9 Å². The van der Waals surface area contributed by atoms with E-state index in [1.165, 1.54) is 0 Å². The van der Waals surface area contributed by atoms with Crippen LogP contribution in [-0.4, -0.2) is 18.0 Å². The van der Waals surface area contributed by atoms with Gasteiger partial charge in [-0.3, -0.25) is 10.1 Å². The summed E-state index contributed by atoms with van der Waals surface area (Å²) in [5.74, 6) is 0.000286. The molecule has 1 rings (SSSR count). The molecule has 0 saturated heterocycles. The van der Waals surface area contributed by atoms with Crippen molar-refractivity contribution in [3.63, 3.8) is 0 Å². The summed E-state index contributed by atoms with van der Waals surface area (Å²) in [5, 5.41) is 4.06. The lowest BCUT2D eigenvalue weighted by Gasteiger charge is -2.22. The Labute approximate surface area is 113 Å². The minimum Gasteiger partial charge on any atom is -0.351 e. The molecule has 0 bridgehead atoms. The highest BCUT2D eigenvalue weighted by Gasteiger charge is 2.26. The zero-order valence-corrected chi connectivity index (χ0v) is 11.6. The summed E-state index contributed by atoms with van der Waals surface area (Å²) in [7, 11) is 0. The Hall–Kier alpha value is -1.88. The van der Waals surface area contributed by atoms with Crippen LogP contribution in [0.25, 0.3) is 0 Å². The number of carbonyl (C=O) groups is 2. The van der Waals surface area contributed by atoms with E-state index in [-0.39, 0.29) is 18.0 Å². The number of urea groups is 1. The fraction of sp³-hybridized carbons (Fsp3) is 0.429. The second-order valence-corrected chi connectivity index (χ2v) is 5.02. The molecule has 19 heavy (non-hydrogen) atoms. The van der Waals surface area contributed by atoms with Crippen LogP contribution in [0.15, 0.2) is 30.3 Å². The smallest absolute Gasteiger partial charge is 0.319 e. The van der Waals surface area contributed by atoms with Crippen LogP contribution < -0.4 is 16.4 Å². The number of hydrogen-bond donors (Lipinski definition) is 3. The normalized spacial score (nSPS) is 13.9. The van der Waals surface area contributed by atoms with Crippen LogP contribution in [0.5, 0.6) is 0 Å². The van der Waals surface area contributed by atoms with E-state index in [2.05, 4.69) is 19.2 Å². The summed E-state index contributed by atoms with van der Waals surface area (Å²) in [6.45, 7) is 5.97. The first kappa shape index (κ1) is 15.2. The van der Waals surface area contributed by atoms with E-state index in [4.69, 9.17) is 5.73 Å². The number of nitrogens with one attached hydrogen (secondary N) is 1. The lowest BCUT2D eigenvalue weighted by atomic mass is 9.95. The molecular formula is C14H22N3O2+. The SMILES string of the molecule is CC(C)[C@@H]([NH2+][C@@H](C)C(=O)NC(N)=O)c1ccccc1. The molecule has 1 aromatic carbocycles. The third-order valence-electron chi connectivity index (χ3n) is 3.06. The maximum atomic E-state index is 11.7. The predicted molar refractivity (Wildman–Crippen MR) is 73.1 cm³/mol. The molecule has 1 aromatic rings. The van der Waals surface area contributed by atoms with Gasteiger partial charge in [0, 0.05) is 11.5 Å². The number of benzene rings is 1. The van der Waals surface area contributed by atoms with Gasteiger partial charge in [-0.2, -0.15) is 0 Å². The Bertz CT molecular complexity index is 432. The Morgan fingerprint density at radius 2 is 1.74 bits per heavy atom. The van der Waals surface area contributed by atoms with Crippen LogP contribution in [0.3, 0.4) is 0 Å². The molecule has 0 saturated carbocycles. The van der Waals surface area contributed by atoms with Gasteiger partial charge in [0.05, 0.1) is 0 Å². The van der Waals surface area contributed by atoms with Crippen LogP contribution in [-0.2, 0) is 4.79 Å². The van der Waals surface area contributed by atoms with Crippen LogP contribution >= 0.6 is 0 Å². The van der Waals surface area contributed by atoms with Crippen molar-refractivity contribution in [3.05, 3.63) is 35.9 Å². The van der Waals surface area contributed by atoms with E-state index in [0.717, 1.165) is 5.56 Å². The fourth-order valence-corrected chi connectivity index (χ4v) is 2.03. The topological polar surface area (TPSA) is 88.8 Å². The fourth-order valence-electron chi connectivity index (χ4n) is 2.03. The van der Waals surface area contributed by atoms with Crippen molar-refractivity contribution in [2.24, 2.45) is 11.7 Å². The largest absolute Gasteiger partial charge is 0.351 e. The van der Waals surface area contributed by atoms with Crippen molar-refractivity contribution >= 4 is 11.9 Å². The molecule has 5 heteroatoms. The highest BCUT2D eigenvalue weighted by Crippen LogP contribution is 2.17. The molecule has 3 amide bonds. The lowest BCUT2D eigenvalue weighted by molar-refractivity contribution is -0.719. The molecule has 0 aliphatic heterocycles. The summed E-state index contributed by atoms with van der Waals surface area (Å²) in [6, 6.07) is 8.98. The first-order valence-corrected chi connectivity index (χ1v) is 6.42. The van der Waals surface area contributed by atoms with Gasteiger partial charge in [-0.05, 0) is 6.92 Å². The van der Waals surface area contributed by atoms with Gasteiger partial charge in [-0.1, -0.05) is 44.2 Å². The summed E-state index contributed by atoms with van der Waals surface area (Å²) in [4.78, 5) is 22.4. The number of nitrogens with two attached hydrogens (primary N) is 2. The van der Waals surface area contributed by atoms with E-state index in [0.29, 0.717) is 5.92 Å². The Kier molecular flexibility index (Phi) is 5.51. The summed E-state index contributed by atoms with van der Waals surface area (Å²) in [5.41, 5.74) is 6.11. The van der Waals surface area contributed by atoms with E-state index in [1.807, 2.05) is 35.6 Å². The molecule has 5 N–H and O–H groups in total. The number of amides is 3. The zero-order valence-electron chi connectivity index (χ0n) is 11.6. The molecule has 0 aliphatic rings. The van der Waals surface area contributed by atoms with Gasteiger partial charge < -0.3 is 11.1 Å². The van der Waals surface area contributed by atoms with Crippen molar-refractivity contribution < 1.29 is 14.9 Å². The average Bonchev–Trinajstić information content (AvgIpc) is 2.35.